The first-order valence-electron chi connectivity index (χ1n) is 11.1. The lowest BCUT2D eigenvalue weighted by atomic mass is 9.85. The Morgan fingerprint density at radius 1 is 1.09 bits per heavy atom. The molecule has 0 bridgehead atoms. The summed E-state index contributed by atoms with van der Waals surface area (Å²) in [6, 6.07) is 18.6. The van der Waals surface area contributed by atoms with Gasteiger partial charge >= 0.3 is 0 Å². The molecular weight excluding hydrogens is 436 g/mol. The topological polar surface area (TPSA) is 90.0 Å². The number of hydrogen-bond acceptors (Lipinski definition) is 4. The van der Waals surface area contributed by atoms with Crippen LogP contribution in [0.1, 0.15) is 24.0 Å². The molecule has 1 fully saturated rings. The van der Waals surface area contributed by atoms with Crippen LogP contribution in [0.25, 0.3) is 22.2 Å². The molecule has 168 valence electrons. The molecule has 0 aliphatic carbocycles. The van der Waals surface area contributed by atoms with E-state index in [0.29, 0.717) is 16.1 Å². The smallest absolute Gasteiger partial charge is 0.237 e. The molecule has 2 atom stereocenters. The number of pyridine rings is 1. The summed E-state index contributed by atoms with van der Waals surface area (Å²) in [5.74, 6) is -0.0943. The van der Waals surface area contributed by atoms with Crippen LogP contribution in [-0.2, 0) is 10.4 Å². The van der Waals surface area contributed by atoms with E-state index < -0.39 is 5.60 Å². The van der Waals surface area contributed by atoms with Gasteiger partial charge in [-0.25, -0.2) is 4.98 Å². The summed E-state index contributed by atoms with van der Waals surface area (Å²) in [6.45, 7) is 0.896. The van der Waals surface area contributed by atoms with Crippen molar-refractivity contribution in [1.29, 1.82) is 0 Å². The number of aromatic nitrogens is 2. The molecule has 6 nitrogen and oxygen atoms in total. The lowest BCUT2D eigenvalue weighted by molar-refractivity contribution is -0.123. The number of nitrogens with zero attached hydrogens (tertiary/aromatic N) is 1. The van der Waals surface area contributed by atoms with Crippen LogP contribution in [0.4, 0.5) is 0 Å². The third-order valence-corrected chi connectivity index (χ3v) is 6.60. The molecule has 7 heteroatoms. The number of nitrogens with one attached hydrogen (secondary N) is 3. The Morgan fingerprint density at radius 2 is 1.82 bits per heavy atom. The Morgan fingerprint density at radius 3 is 2.52 bits per heavy atom. The quantitative estimate of drug-likeness (QED) is 0.350. The molecule has 0 spiro atoms. The lowest BCUT2D eigenvalue weighted by Crippen LogP contribution is -2.47. The van der Waals surface area contributed by atoms with E-state index in [2.05, 4.69) is 20.6 Å². The van der Waals surface area contributed by atoms with Crippen LogP contribution in [0.2, 0.25) is 5.02 Å². The van der Waals surface area contributed by atoms with Crippen LogP contribution in [0.5, 0.6) is 0 Å². The first-order chi connectivity index (χ1) is 16.0. The zero-order valence-electron chi connectivity index (χ0n) is 18.0. The van der Waals surface area contributed by atoms with Crippen LogP contribution >= 0.6 is 11.6 Å². The van der Waals surface area contributed by atoms with Gasteiger partial charge in [-0.3, -0.25) is 4.79 Å². The molecule has 4 aromatic rings. The second-order valence-corrected chi connectivity index (χ2v) is 8.85. The van der Waals surface area contributed by atoms with Crippen LogP contribution in [-0.4, -0.2) is 40.1 Å². The number of carbonyl (C=O) groups excluding carboxylic acids is 1. The number of aliphatic hydroxyl groups is 1. The molecule has 0 radical (unpaired) electrons. The third kappa shape index (κ3) is 4.25. The standard InChI is InChI=1S/C26H25ClN4O2/c27-20-9-7-19(8-10-20)26(33,16-31-25(32)23-2-1-13-28-23)18-5-3-17(4-6-18)21-11-14-29-24-22(21)12-15-30-24/h3-12,14-15,23,28,33H,1-2,13,16H2,(H,29,30)(H,31,32)/t23-,26?/m0/s1. The highest BCUT2D eigenvalue weighted by atomic mass is 35.5. The van der Waals surface area contributed by atoms with E-state index in [-0.39, 0.29) is 18.5 Å². The van der Waals surface area contributed by atoms with Gasteiger partial charge in [-0.15, -0.1) is 0 Å². The molecule has 5 rings (SSSR count). The minimum absolute atomic E-state index is 0.0578. The van der Waals surface area contributed by atoms with Gasteiger partial charge in [0.2, 0.25) is 5.91 Å². The van der Waals surface area contributed by atoms with E-state index in [1.807, 2.05) is 42.6 Å². The highest BCUT2D eigenvalue weighted by molar-refractivity contribution is 6.30. The van der Waals surface area contributed by atoms with Crippen LogP contribution in [0.3, 0.4) is 0 Å². The van der Waals surface area contributed by atoms with Gasteiger partial charge in [0.25, 0.3) is 0 Å². The zero-order chi connectivity index (χ0) is 22.8. The molecule has 2 aromatic heterocycles. The first kappa shape index (κ1) is 21.6. The van der Waals surface area contributed by atoms with E-state index in [4.69, 9.17) is 11.6 Å². The van der Waals surface area contributed by atoms with Crippen molar-refractivity contribution < 1.29 is 9.90 Å². The van der Waals surface area contributed by atoms with Crippen molar-refractivity contribution in [2.45, 2.75) is 24.5 Å². The molecular formula is C26H25ClN4O2. The van der Waals surface area contributed by atoms with Gasteiger partial charge in [0.1, 0.15) is 11.2 Å². The Bertz CT molecular complexity index is 1260. The summed E-state index contributed by atoms with van der Waals surface area (Å²) in [5.41, 5.74) is 2.85. The Labute approximate surface area is 197 Å². The van der Waals surface area contributed by atoms with Crippen molar-refractivity contribution in [3.63, 3.8) is 0 Å². The van der Waals surface area contributed by atoms with E-state index in [1.165, 1.54) is 0 Å². The minimum Gasteiger partial charge on any atom is -0.379 e. The molecule has 1 saturated heterocycles. The lowest BCUT2D eigenvalue weighted by Gasteiger charge is -2.30. The van der Waals surface area contributed by atoms with Crippen molar-refractivity contribution in [2.75, 3.05) is 13.1 Å². The van der Waals surface area contributed by atoms with E-state index in [0.717, 1.165) is 41.5 Å². The Balaban J connectivity index is 1.47. The van der Waals surface area contributed by atoms with Gasteiger partial charge in [-0.1, -0.05) is 48.0 Å². The molecule has 4 N–H and O–H groups in total. The van der Waals surface area contributed by atoms with Crippen LogP contribution in [0.15, 0.2) is 73.1 Å². The maximum atomic E-state index is 12.6. The number of hydrogen-bond donors (Lipinski definition) is 4. The summed E-state index contributed by atoms with van der Waals surface area (Å²) in [7, 11) is 0. The number of fused-ring (bicyclic) bond motifs is 1. The summed E-state index contributed by atoms with van der Waals surface area (Å²) < 4.78 is 0. The van der Waals surface area contributed by atoms with E-state index >= 15 is 0 Å². The van der Waals surface area contributed by atoms with Gasteiger partial charge in [0.05, 0.1) is 12.6 Å². The van der Waals surface area contributed by atoms with Gasteiger partial charge in [0.15, 0.2) is 0 Å². The summed E-state index contributed by atoms with van der Waals surface area (Å²) in [6.07, 6.45) is 5.43. The Hall–Kier alpha value is -3.19. The van der Waals surface area contributed by atoms with E-state index in [1.54, 1.807) is 30.5 Å². The number of H-pyrrole nitrogens is 1. The van der Waals surface area contributed by atoms with Gasteiger partial charge in [0, 0.05) is 22.8 Å². The molecule has 1 amide bonds. The Kier molecular flexibility index (Phi) is 5.89. The zero-order valence-corrected chi connectivity index (χ0v) is 18.8. The number of aromatic amines is 1. The predicted octanol–water partition coefficient (Wildman–Crippen LogP) is 3.99. The maximum absolute atomic E-state index is 12.6. The predicted molar refractivity (Wildman–Crippen MR) is 130 cm³/mol. The van der Waals surface area contributed by atoms with Gasteiger partial charge in [-0.2, -0.15) is 0 Å². The number of carbonyl (C=O) groups is 1. The molecule has 33 heavy (non-hydrogen) atoms. The number of amides is 1. The highest BCUT2D eigenvalue weighted by Gasteiger charge is 2.33. The van der Waals surface area contributed by atoms with Gasteiger partial charge < -0.3 is 20.7 Å². The minimum atomic E-state index is -1.40. The van der Waals surface area contributed by atoms with Crippen molar-refractivity contribution in [1.82, 2.24) is 20.6 Å². The van der Waals surface area contributed by atoms with Gasteiger partial charge in [-0.05, 0) is 65.9 Å². The SMILES string of the molecule is O=C(NCC(O)(c1ccc(Cl)cc1)c1ccc(-c2ccnc3[nH]ccc23)cc1)[C@@H]1CCCN1. The molecule has 3 heterocycles. The normalized spacial score (nSPS) is 17.7. The molecule has 1 aliphatic rings. The second kappa shape index (κ2) is 8.98. The van der Waals surface area contributed by atoms with Crippen molar-refractivity contribution in [2.24, 2.45) is 0 Å². The monoisotopic (exact) mass is 460 g/mol. The van der Waals surface area contributed by atoms with Crippen molar-refractivity contribution in [3.8, 4) is 11.1 Å². The summed E-state index contributed by atoms with van der Waals surface area (Å²) in [4.78, 5) is 20.1. The van der Waals surface area contributed by atoms with Crippen molar-refractivity contribution >= 4 is 28.5 Å². The average Bonchev–Trinajstić information content (AvgIpc) is 3.55. The summed E-state index contributed by atoms with van der Waals surface area (Å²) in [5, 5.41) is 19.6. The summed E-state index contributed by atoms with van der Waals surface area (Å²) >= 11 is 6.08. The number of halogens is 1. The number of rotatable bonds is 6. The number of benzene rings is 2. The third-order valence-electron chi connectivity index (χ3n) is 6.35. The first-order valence-corrected chi connectivity index (χ1v) is 11.4. The molecule has 1 aliphatic heterocycles. The molecule has 0 saturated carbocycles. The van der Waals surface area contributed by atoms with Crippen LogP contribution < -0.4 is 10.6 Å². The maximum Gasteiger partial charge on any atom is 0.237 e. The van der Waals surface area contributed by atoms with E-state index in [9.17, 15) is 9.90 Å². The molecule has 2 aromatic carbocycles. The fourth-order valence-electron chi connectivity index (χ4n) is 4.48. The fraction of sp³-hybridized carbons (Fsp3) is 0.231. The second-order valence-electron chi connectivity index (χ2n) is 8.41. The van der Waals surface area contributed by atoms with Crippen LogP contribution in [0, 0.1) is 0 Å². The fourth-order valence-corrected chi connectivity index (χ4v) is 4.61. The highest BCUT2D eigenvalue weighted by Crippen LogP contribution is 2.33. The largest absolute Gasteiger partial charge is 0.379 e. The molecule has 1 unspecified atom stereocenters. The van der Waals surface area contributed by atoms with Crippen molar-refractivity contribution in [3.05, 3.63) is 89.2 Å². The average molecular weight is 461 g/mol.